The Balaban J connectivity index is 1.96. The van der Waals surface area contributed by atoms with Crippen LogP contribution in [0.5, 0.6) is 5.75 Å². The highest BCUT2D eigenvalue weighted by Crippen LogP contribution is 2.40. The molecule has 1 aliphatic heterocycles. The number of hydrogen-bond donors (Lipinski definition) is 0. The number of anilines is 1. The van der Waals surface area contributed by atoms with Gasteiger partial charge in [0.15, 0.2) is 0 Å². The summed E-state index contributed by atoms with van der Waals surface area (Å²) in [5, 5.41) is 0. The number of rotatable bonds is 3. The number of hydrogen-bond acceptors (Lipinski definition) is 2. The van der Waals surface area contributed by atoms with Crippen LogP contribution in [0.2, 0.25) is 0 Å². The molecule has 0 N–H and O–H groups in total. The molecule has 1 atom stereocenters. The minimum atomic E-state index is 0.434. The first kappa shape index (κ1) is 13.5. The van der Waals surface area contributed by atoms with Crippen LogP contribution in [-0.4, -0.2) is 13.7 Å². The summed E-state index contributed by atoms with van der Waals surface area (Å²) in [7, 11) is 1.74. The van der Waals surface area contributed by atoms with Gasteiger partial charge in [-0.25, -0.2) is 0 Å². The average molecular weight is 332 g/mol. The topological polar surface area (TPSA) is 12.5 Å². The lowest BCUT2D eigenvalue weighted by Gasteiger charge is -2.28. The molecule has 0 aromatic heterocycles. The van der Waals surface area contributed by atoms with Crippen LogP contribution in [0.25, 0.3) is 0 Å². The summed E-state index contributed by atoms with van der Waals surface area (Å²) in [6, 6.07) is 17.3. The lowest BCUT2D eigenvalue weighted by Crippen LogP contribution is -2.23. The smallest absolute Gasteiger partial charge is 0.142 e. The second-order valence-electron chi connectivity index (χ2n) is 5.08. The van der Waals surface area contributed by atoms with E-state index in [2.05, 4.69) is 57.2 Å². The molecule has 0 spiro atoms. The van der Waals surface area contributed by atoms with Gasteiger partial charge in [-0.05, 0) is 42.7 Å². The Bertz CT molecular complexity index is 599. The van der Waals surface area contributed by atoms with Crippen molar-refractivity contribution in [2.24, 2.45) is 0 Å². The number of para-hydroxylation sites is 2. The number of benzene rings is 2. The lowest BCUT2D eigenvalue weighted by molar-refractivity contribution is 0.414. The maximum atomic E-state index is 5.51. The molecule has 3 rings (SSSR count). The van der Waals surface area contributed by atoms with Crippen molar-refractivity contribution in [2.45, 2.75) is 18.9 Å². The molecule has 1 unspecified atom stereocenters. The molecular weight excluding hydrogens is 314 g/mol. The molecule has 2 aromatic rings. The Morgan fingerprint density at radius 3 is 2.80 bits per heavy atom. The monoisotopic (exact) mass is 331 g/mol. The number of ether oxygens (including phenoxy) is 1. The van der Waals surface area contributed by atoms with E-state index in [1.807, 2.05) is 12.1 Å². The van der Waals surface area contributed by atoms with Crippen LogP contribution < -0.4 is 9.64 Å². The number of methoxy groups -OCH3 is 1. The molecular formula is C17H18BrNO. The Morgan fingerprint density at radius 1 is 1.15 bits per heavy atom. The van der Waals surface area contributed by atoms with Crippen LogP contribution in [-0.2, 0) is 0 Å². The van der Waals surface area contributed by atoms with E-state index in [0.717, 1.165) is 16.8 Å². The number of nitrogens with zero attached hydrogens (tertiary/aromatic N) is 1. The first-order valence-electron chi connectivity index (χ1n) is 6.95. The molecule has 0 amide bonds. The zero-order valence-corrected chi connectivity index (χ0v) is 13.1. The van der Waals surface area contributed by atoms with Crippen molar-refractivity contribution in [1.29, 1.82) is 0 Å². The Labute approximate surface area is 128 Å². The van der Waals surface area contributed by atoms with E-state index in [0.29, 0.717) is 6.04 Å². The highest BCUT2D eigenvalue weighted by molar-refractivity contribution is 9.10. The molecule has 2 aromatic carbocycles. The zero-order chi connectivity index (χ0) is 13.9. The normalized spacial score (nSPS) is 18.3. The Kier molecular flexibility index (Phi) is 3.97. The summed E-state index contributed by atoms with van der Waals surface area (Å²) in [6.07, 6.45) is 2.41. The summed E-state index contributed by atoms with van der Waals surface area (Å²) < 4.78 is 6.66. The van der Waals surface area contributed by atoms with Crippen LogP contribution in [0.3, 0.4) is 0 Å². The van der Waals surface area contributed by atoms with Crippen molar-refractivity contribution in [1.82, 2.24) is 0 Å². The molecule has 20 heavy (non-hydrogen) atoms. The molecule has 1 fully saturated rings. The lowest BCUT2D eigenvalue weighted by atomic mass is 10.0. The maximum absolute atomic E-state index is 5.51. The van der Waals surface area contributed by atoms with Crippen molar-refractivity contribution >= 4 is 21.6 Å². The van der Waals surface area contributed by atoms with E-state index in [-0.39, 0.29) is 0 Å². The summed E-state index contributed by atoms with van der Waals surface area (Å²) in [5.74, 6) is 0.953. The average Bonchev–Trinajstić information content (AvgIpc) is 2.96. The quantitative estimate of drug-likeness (QED) is 0.801. The van der Waals surface area contributed by atoms with Crippen molar-refractivity contribution in [3.8, 4) is 5.75 Å². The van der Waals surface area contributed by atoms with Gasteiger partial charge in [0.05, 0.1) is 18.8 Å². The van der Waals surface area contributed by atoms with Gasteiger partial charge in [-0.15, -0.1) is 0 Å². The van der Waals surface area contributed by atoms with Crippen molar-refractivity contribution in [2.75, 3.05) is 18.6 Å². The van der Waals surface area contributed by atoms with Crippen LogP contribution in [0.15, 0.2) is 53.0 Å². The van der Waals surface area contributed by atoms with Gasteiger partial charge >= 0.3 is 0 Å². The highest BCUT2D eigenvalue weighted by atomic mass is 79.9. The second-order valence-corrected chi connectivity index (χ2v) is 5.99. The second kappa shape index (κ2) is 5.88. The van der Waals surface area contributed by atoms with E-state index >= 15 is 0 Å². The van der Waals surface area contributed by atoms with Gasteiger partial charge in [0, 0.05) is 11.0 Å². The Morgan fingerprint density at radius 2 is 2.00 bits per heavy atom. The van der Waals surface area contributed by atoms with Crippen molar-refractivity contribution < 1.29 is 4.74 Å². The molecule has 3 heteroatoms. The Hall–Kier alpha value is -1.48. The minimum absolute atomic E-state index is 0.434. The molecule has 1 heterocycles. The van der Waals surface area contributed by atoms with Crippen LogP contribution in [0.4, 0.5) is 5.69 Å². The summed E-state index contributed by atoms with van der Waals surface area (Å²) in [6.45, 7) is 1.08. The standard InChI is InChI=1S/C17H18BrNO/c1-20-17-10-3-2-8-16(17)19-11-5-9-15(19)13-6-4-7-14(18)12-13/h2-4,6-8,10,12,15H,5,9,11H2,1H3. The van der Waals surface area contributed by atoms with E-state index in [1.54, 1.807) is 7.11 Å². The van der Waals surface area contributed by atoms with E-state index in [1.165, 1.54) is 24.1 Å². The predicted octanol–water partition coefficient (Wildman–Crippen LogP) is 4.80. The molecule has 104 valence electrons. The van der Waals surface area contributed by atoms with Gasteiger partial charge in [-0.2, -0.15) is 0 Å². The van der Waals surface area contributed by atoms with Crippen LogP contribution in [0.1, 0.15) is 24.4 Å². The summed E-state index contributed by atoms with van der Waals surface area (Å²) >= 11 is 3.57. The van der Waals surface area contributed by atoms with Gasteiger partial charge < -0.3 is 9.64 Å². The van der Waals surface area contributed by atoms with Crippen molar-refractivity contribution in [3.63, 3.8) is 0 Å². The molecule has 0 radical (unpaired) electrons. The van der Waals surface area contributed by atoms with E-state index in [9.17, 15) is 0 Å². The SMILES string of the molecule is COc1ccccc1N1CCCC1c1cccc(Br)c1. The fourth-order valence-corrected chi connectivity index (χ4v) is 3.40. The van der Waals surface area contributed by atoms with Crippen LogP contribution in [0, 0.1) is 0 Å². The van der Waals surface area contributed by atoms with Crippen LogP contribution >= 0.6 is 15.9 Å². The summed E-state index contributed by atoms with van der Waals surface area (Å²) in [4.78, 5) is 2.46. The fourth-order valence-electron chi connectivity index (χ4n) is 2.98. The first-order valence-corrected chi connectivity index (χ1v) is 7.74. The van der Waals surface area contributed by atoms with E-state index in [4.69, 9.17) is 4.74 Å². The largest absolute Gasteiger partial charge is 0.495 e. The molecule has 1 aliphatic rings. The summed E-state index contributed by atoms with van der Waals surface area (Å²) in [5.41, 5.74) is 2.56. The molecule has 1 saturated heterocycles. The third-order valence-electron chi connectivity index (χ3n) is 3.88. The van der Waals surface area contributed by atoms with Gasteiger partial charge in [-0.3, -0.25) is 0 Å². The third kappa shape index (κ3) is 2.55. The highest BCUT2D eigenvalue weighted by Gasteiger charge is 2.27. The predicted molar refractivity (Wildman–Crippen MR) is 86.5 cm³/mol. The van der Waals surface area contributed by atoms with Crippen molar-refractivity contribution in [3.05, 3.63) is 58.6 Å². The minimum Gasteiger partial charge on any atom is -0.495 e. The molecule has 0 aliphatic carbocycles. The number of halogens is 1. The third-order valence-corrected chi connectivity index (χ3v) is 4.37. The van der Waals surface area contributed by atoms with Gasteiger partial charge in [0.25, 0.3) is 0 Å². The molecule has 0 bridgehead atoms. The van der Waals surface area contributed by atoms with Gasteiger partial charge in [0.1, 0.15) is 5.75 Å². The first-order chi connectivity index (χ1) is 9.79. The fraction of sp³-hybridized carbons (Fsp3) is 0.294. The molecule has 0 saturated carbocycles. The maximum Gasteiger partial charge on any atom is 0.142 e. The van der Waals surface area contributed by atoms with Gasteiger partial charge in [-0.1, -0.05) is 40.2 Å². The molecule has 2 nitrogen and oxygen atoms in total. The zero-order valence-electron chi connectivity index (χ0n) is 11.6. The van der Waals surface area contributed by atoms with E-state index < -0.39 is 0 Å². The van der Waals surface area contributed by atoms with Gasteiger partial charge in [0.2, 0.25) is 0 Å².